The van der Waals surface area contributed by atoms with Crippen LogP contribution in [0.5, 0.6) is 17.2 Å². The number of nitrogens with zero attached hydrogens (tertiary/aromatic N) is 1. The summed E-state index contributed by atoms with van der Waals surface area (Å²) in [6, 6.07) is 20.6. The van der Waals surface area contributed by atoms with Gasteiger partial charge < -0.3 is 19.5 Å². The van der Waals surface area contributed by atoms with Crippen LogP contribution in [0.25, 0.3) is 6.08 Å². The molecule has 0 aliphatic carbocycles. The molecular formula is C28H27BrN2O4. The Morgan fingerprint density at radius 1 is 1.11 bits per heavy atom. The third kappa shape index (κ3) is 7.36. The van der Waals surface area contributed by atoms with Crippen molar-refractivity contribution in [2.75, 3.05) is 12.4 Å². The Balaban J connectivity index is 1.68. The summed E-state index contributed by atoms with van der Waals surface area (Å²) in [4.78, 5) is 12.7. The highest BCUT2D eigenvalue weighted by Crippen LogP contribution is 2.38. The molecule has 3 aromatic rings. The van der Waals surface area contributed by atoms with E-state index < -0.39 is 5.91 Å². The second-order valence-electron chi connectivity index (χ2n) is 8.12. The van der Waals surface area contributed by atoms with Gasteiger partial charge in [0.15, 0.2) is 11.5 Å². The normalized spacial score (nSPS) is 11.1. The van der Waals surface area contributed by atoms with Gasteiger partial charge in [0.1, 0.15) is 24.0 Å². The first kappa shape index (κ1) is 25.9. The quantitative estimate of drug-likeness (QED) is 0.244. The van der Waals surface area contributed by atoms with Crippen LogP contribution in [0.4, 0.5) is 5.69 Å². The zero-order chi connectivity index (χ0) is 25.4. The number of ether oxygens (including phenoxy) is 3. The van der Waals surface area contributed by atoms with Crippen LogP contribution in [-0.4, -0.2) is 19.1 Å². The third-order valence-electron chi connectivity index (χ3n) is 4.92. The molecule has 35 heavy (non-hydrogen) atoms. The van der Waals surface area contributed by atoms with Crippen LogP contribution >= 0.6 is 15.9 Å². The number of nitriles is 1. The van der Waals surface area contributed by atoms with E-state index in [-0.39, 0.29) is 11.7 Å². The molecule has 0 fully saturated rings. The van der Waals surface area contributed by atoms with Crippen LogP contribution in [0.15, 0.2) is 70.7 Å². The molecule has 0 aliphatic rings. The molecule has 1 amide bonds. The van der Waals surface area contributed by atoms with Crippen molar-refractivity contribution in [3.8, 4) is 23.3 Å². The van der Waals surface area contributed by atoms with E-state index in [1.54, 1.807) is 36.4 Å². The number of methoxy groups -OCH3 is 1. The molecule has 0 saturated heterocycles. The van der Waals surface area contributed by atoms with Gasteiger partial charge in [-0.15, -0.1) is 0 Å². The Kier molecular flexibility index (Phi) is 8.93. The van der Waals surface area contributed by atoms with Crippen LogP contribution in [0.2, 0.25) is 0 Å². The van der Waals surface area contributed by atoms with Crippen LogP contribution < -0.4 is 19.5 Å². The smallest absolute Gasteiger partial charge is 0.266 e. The molecule has 0 spiro atoms. The fraction of sp³-hybridized carbons (Fsp3) is 0.214. The minimum Gasteiger partial charge on any atom is -0.493 e. The predicted molar refractivity (Wildman–Crippen MR) is 141 cm³/mol. The van der Waals surface area contributed by atoms with Crippen LogP contribution in [0, 0.1) is 18.3 Å². The summed E-state index contributed by atoms with van der Waals surface area (Å²) in [5.74, 6) is 1.23. The molecule has 6 nitrogen and oxygen atoms in total. The van der Waals surface area contributed by atoms with E-state index >= 15 is 0 Å². The molecule has 180 valence electrons. The van der Waals surface area contributed by atoms with E-state index in [1.165, 1.54) is 18.7 Å². The summed E-state index contributed by atoms with van der Waals surface area (Å²) in [7, 11) is 1.54. The molecule has 0 aliphatic heterocycles. The molecule has 3 aromatic carbocycles. The summed E-state index contributed by atoms with van der Waals surface area (Å²) in [6.07, 6.45) is 1.46. The molecule has 0 bridgehead atoms. The molecule has 0 heterocycles. The number of halogens is 1. The summed E-state index contributed by atoms with van der Waals surface area (Å²) < 4.78 is 17.7. The molecule has 0 radical (unpaired) electrons. The lowest BCUT2D eigenvalue weighted by molar-refractivity contribution is -0.112. The Bertz CT molecular complexity index is 1240. The number of rotatable bonds is 9. The maximum absolute atomic E-state index is 12.7. The average molecular weight is 535 g/mol. The van der Waals surface area contributed by atoms with Crippen molar-refractivity contribution < 1.29 is 19.0 Å². The van der Waals surface area contributed by atoms with Crippen LogP contribution in [0.1, 0.15) is 30.5 Å². The average Bonchev–Trinajstić information content (AvgIpc) is 2.84. The van der Waals surface area contributed by atoms with Gasteiger partial charge in [-0.3, -0.25) is 4.79 Å². The van der Waals surface area contributed by atoms with E-state index in [0.29, 0.717) is 39.6 Å². The number of nitrogens with one attached hydrogen (secondary N) is 1. The highest BCUT2D eigenvalue weighted by Gasteiger charge is 2.15. The number of hydrogen-bond donors (Lipinski definition) is 1. The van der Waals surface area contributed by atoms with E-state index in [0.717, 1.165) is 5.56 Å². The molecule has 0 aromatic heterocycles. The van der Waals surface area contributed by atoms with Crippen LogP contribution in [0.3, 0.4) is 0 Å². The number of aryl methyl sites for hydroxylation is 1. The van der Waals surface area contributed by atoms with Crippen molar-refractivity contribution in [2.45, 2.75) is 33.5 Å². The maximum Gasteiger partial charge on any atom is 0.266 e. The summed E-state index contributed by atoms with van der Waals surface area (Å²) in [5, 5.41) is 12.3. The predicted octanol–water partition coefficient (Wildman–Crippen LogP) is 6.68. The van der Waals surface area contributed by atoms with E-state index in [2.05, 4.69) is 21.2 Å². The number of amides is 1. The van der Waals surface area contributed by atoms with Gasteiger partial charge in [0.25, 0.3) is 5.91 Å². The van der Waals surface area contributed by atoms with Gasteiger partial charge in [-0.1, -0.05) is 29.8 Å². The van der Waals surface area contributed by atoms with Crippen molar-refractivity contribution in [2.24, 2.45) is 0 Å². The number of hydrogen-bond acceptors (Lipinski definition) is 5. The first-order chi connectivity index (χ1) is 16.8. The van der Waals surface area contributed by atoms with E-state index in [9.17, 15) is 10.1 Å². The standard InChI is InChI=1S/C28H27BrN2O4/c1-18(2)35-27-25(29)14-21(15-26(27)33-4)13-22(16-30)28(32)31-23-9-11-24(12-10-23)34-17-20-7-5-19(3)6-8-20/h5-15,18H,17H2,1-4H3,(H,31,32)/b22-13+. The van der Waals surface area contributed by atoms with Crippen molar-refractivity contribution in [1.82, 2.24) is 0 Å². The van der Waals surface area contributed by atoms with Crippen molar-refractivity contribution in [1.29, 1.82) is 5.26 Å². The van der Waals surface area contributed by atoms with Crippen molar-refractivity contribution in [3.05, 3.63) is 87.4 Å². The van der Waals surface area contributed by atoms with E-state index in [1.807, 2.05) is 51.1 Å². The maximum atomic E-state index is 12.7. The zero-order valence-electron chi connectivity index (χ0n) is 20.1. The van der Waals surface area contributed by atoms with Gasteiger partial charge in [-0.05, 0) is 90.3 Å². The Labute approximate surface area is 214 Å². The van der Waals surface area contributed by atoms with Crippen LogP contribution in [-0.2, 0) is 11.4 Å². The SMILES string of the molecule is COc1cc(/C=C(\C#N)C(=O)Nc2ccc(OCc3ccc(C)cc3)cc2)cc(Br)c1OC(C)C. The highest BCUT2D eigenvalue weighted by molar-refractivity contribution is 9.10. The minimum atomic E-state index is -0.515. The largest absolute Gasteiger partial charge is 0.493 e. The topological polar surface area (TPSA) is 80.6 Å². The Morgan fingerprint density at radius 2 is 1.80 bits per heavy atom. The lowest BCUT2D eigenvalue weighted by Crippen LogP contribution is -2.13. The first-order valence-electron chi connectivity index (χ1n) is 11.0. The minimum absolute atomic E-state index is 0.0403. The fourth-order valence-electron chi connectivity index (χ4n) is 3.17. The second kappa shape index (κ2) is 12.1. The molecular weight excluding hydrogens is 508 g/mol. The number of carbonyl (C=O) groups excluding carboxylic acids is 1. The summed E-state index contributed by atoms with van der Waals surface area (Å²) >= 11 is 3.48. The highest BCUT2D eigenvalue weighted by atomic mass is 79.9. The molecule has 7 heteroatoms. The van der Waals surface area contributed by atoms with Gasteiger partial charge in [0, 0.05) is 5.69 Å². The van der Waals surface area contributed by atoms with Gasteiger partial charge in [-0.2, -0.15) is 5.26 Å². The summed E-state index contributed by atoms with van der Waals surface area (Å²) in [5.41, 5.74) is 3.40. The number of benzene rings is 3. The number of carbonyl (C=O) groups is 1. The fourth-order valence-corrected chi connectivity index (χ4v) is 3.73. The third-order valence-corrected chi connectivity index (χ3v) is 5.51. The Hall–Kier alpha value is -3.76. The lowest BCUT2D eigenvalue weighted by Gasteiger charge is -2.16. The molecule has 3 rings (SSSR count). The first-order valence-corrected chi connectivity index (χ1v) is 11.8. The molecule has 0 saturated carbocycles. The van der Waals surface area contributed by atoms with Gasteiger partial charge >= 0.3 is 0 Å². The van der Waals surface area contributed by atoms with Gasteiger partial charge in [-0.25, -0.2) is 0 Å². The molecule has 0 unspecified atom stereocenters. The lowest BCUT2D eigenvalue weighted by atomic mass is 10.1. The van der Waals surface area contributed by atoms with Gasteiger partial charge in [0.2, 0.25) is 0 Å². The van der Waals surface area contributed by atoms with Gasteiger partial charge in [0.05, 0.1) is 17.7 Å². The number of anilines is 1. The van der Waals surface area contributed by atoms with Crippen molar-refractivity contribution in [3.63, 3.8) is 0 Å². The zero-order valence-corrected chi connectivity index (χ0v) is 21.7. The molecule has 1 N–H and O–H groups in total. The summed E-state index contributed by atoms with van der Waals surface area (Å²) in [6.45, 7) is 6.33. The molecule has 0 atom stereocenters. The monoisotopic (exact) mass is 534 g/mol. The second-order valence-corrected chi connectivity index (χ2v) is 8.98. The Morgan fingerprint density at radius 3 is 2.40 bits per heavy atom. The van der Waals surface area contributed by atoms with Crippen molar-refractivity contribution >= 4 is 33.6 Å². The van der Waals surface area contributed by atoms with E-state index in [4.69, 9.17) is 14.2 Å².